The van der Waals surface area contributed by atoms with Crippen LogP contribution < -0.4 is 5.32 Å². The molecule has 0 unspecified atom stereocenters. The van der Waals surface area contributed by atoms with Gasteiger partial charge in [-0.1, -0.05) is 30.3 Å². The smallest absolute Gasteiger partial charge is 0.331 e. The Morgan fingerprint density at radius 2 is 1.96 bits per heavy atom. The first kappa shape index (κ1) is 19.0. The Morgan fingerprint density at radius 3 is 2.63 bits per heavy atom. The number of nitrogens with one attached hydrogen (secondary N) is 1. The Bertz CT molecular complexity index is 848. The Morgan fingerprint density at radius 1 is 1.26 bits per heavy atom. The van der Waals surface area contributed by atoms with Gasteiger partial charge < -0.3 is 14.6 Å². The van der Waals surface area contributed by atoms with Crippen molar-refractivity contribution in [3.8, 4) is 0 Å². The molecule has 1 saturated carbocycles. The molecule has 0 radical (unpaired) electrons. The van der Waals surface area contributed by atoms with Crippen LogP contribution in [0.3, 0.4) is 0 Å². The molecule has 0 aliphatic heterocycles. The highest BCUT2D eigenvalue weighted by atomic mass is 16.5. The van der Waals surface area contributed by atoms with Crippen molar-refractivity contribution in [1.29, 1.82) is 0 Å². The van der Waals surface area contributed by atoms with Gasteiger partial charge in [-0.3, -0.25) is 4.79 Å². The maximum Gasteiger partial charge on any atom is 0.331 e. The summed E-state index contributed by atoms with van der Waals surface area (Å²) in [6, 6.07) is 12.3. The van der Waals surface area contributed by atoms with Crippen molar-refractivity contribution in [2.24, 2.45) is 0 Å². The molecule has 27 heavy (non-hydrogen) atoms. The number of hydrogen-bond donors (Lipinski definition) is 1. The van der Waals surface area contributed by atoms with E-state index in [0.29, 0.717) is 12.6 Å². The average Bonchev–Trinajstić information content (AvgIpc) is 3.44. The highest BCUT2D eigenvalue weighted by Gasteiger charge is 2.26. The zero-order valence-corrected chi connectivity index (χ0v) is 16.1. The van der Waals surface area contributed by atoms with E-state index in [1.807, 2.05) is 30.3 Å². The third-order valence-electron chi connectivity index (χ3n) is 4.81. The predicted octanol–water partition coefficient (Wildman–Crippen LogP) is 3.70. The van der Waals surface area contributed by atoms with E-state index in [-0.39, 0.29) is 5.91 Å². The van der Waals surface area contributed by atoms with Crippen LogP contribution in [0.1, 0.15) is 48.3 Å². The third kappa shape index (κ3) is 4.88. The maximum absolute atomic E-state index is 12.1. The summed E-state index contributed by atoms with van der Waals surface area (Å²) >= 11 is 0. The van der Waals surface area contributed by atoms with Gasteiger partial charge in [0.15, 0.2) is 6.10 Å². The molecular formula is C22H26N2O3. The van der Waals surface area contributed by atoms with Crippen molar-refractivity contribution < 1.29 is 14.3 Å². The number of rotatable bonds is 7. The van der Waals surface area contributed by atoms with Crippen molar-refractivity contribution in [2.75, 3.05) is 0 Å². The number of nitrogens with zero attached hydrogens (tertiary/aromatic N) is 1. The number of amides is 1. The molecule has 1 N–H and O–H groups in total. The lowest BCUT2D eigenvalue weighted by Gasteiger charge is -2.12. The summed E-state index contributed by atoms with van der Waals surface area (Å²) in [5.41, 5.74) is 4.37. The van der Waals surface area contributed by atoms with Crippen LogP contribution in [-0.2, 0) is 20.9 Å². The minimum Gasteiger partial charge on any atom is -0.449 e. The number of ether oxygens (including phenoxy) is 1. The fourth-order valence-electron chi connectivity index (χ4n) is 3.22. The van der Waals surface area contributed by atoms with Gasteiger partial charge in [0, 0.05) is 30.1 Å². The van der Waals surface area contributed by atoms with Gasteiger partial charge >= 0.3 is 5.97 Å². The first-order valence-corrected chi connectivity index (χ1v) is 9.34. The summed E-state index contributed by atoms with van der Waals surface area (Å²) in [7, 11) is 0. The zero-order valence-electron chi connectivity index (χ0n) is 16.1. The second kappa shape index (κ2) is 8.25. The van der Waals surface area contributed by atoms with Gasteiger partial charge in [0.25, 0.3) is 5.91 Å². The molecule has 1 atom stereocenters. The zero-order chi connectivity index (χ0) is 19.4. The van der Waals surface area contributed by atoms with E-state index in [2.05, 4.69) is 29.8 Å². The minimum atomic E-state index is -0.843. The largest absolute Gasteiger partial charge is 0.449 e. The molecule has 5 heteroatoms. The van der Waals surface area contributed by atoms with E-state index in [1.54, 1.807) is 13.0 Å². The van der Waals surface area contributed by atoms with Crippen molar-refractivity contribution >= 4 is 18.0 Å². The van der Waals surface area contributed by atoms with Crippen LogP contribution in [0, 0.1) is 13.8 Å². The molecule has 1 amide bonds. The molecule has 0 spiro atoms. The predicted molar refractivity (Wildman–Crippen MR) is 105 cm³/mol. The highest BCUT2D eigenvalue weighted by Crippen LogP contribution is 2.38. The number of benzene rings is 1. The molecule has 1 aromatic heterocycles. The molecule has 5 nitrogen and oxygen atoms in total. The fourth-order valence-corrected chi connectivity index (χ4v) is 3.22. The van der Waals surface area contributed by atoms with Gasteiger partial charge in [-0.05, 0) is 56.9 Å². The maximum atomic E-state index is 12.1. The second-order valence-corrected chi connectivity index (χ2v) is 7.04. The van der Waals surface area contributed by atoms with E-state index in [9.17, 15) is 9.59 Å². The molecule has 142 valence electrons. The van der Waals surface area contributed by atoms with Crippen LogP contribution in [0.4, 0.5) is 0 Å². The number of aryl methyl sites for hydroxylation is 1. The fraction of sp³-hybridized carbons (Fsp3) is 0.364. The van der Waals surface area contributed by atoms with Crippen LogP contribution in [0.2, 0.25) is 0 Å². The summed E-state index contributed by atoms with van der Waals surface area (Å²) in [4.78, 5) is 24.2. The SMILES string of the molecule is Cc1cc(/C=C/C(=O)O[C@H](C)C(=O)NCc2ccccc2)c(C)n1C1CC1. The van der Waals surface area contributed by atoms with E-state index in [1.165, 1.54) is 24.6 Å². The van der Waals surface area contributed by atoms with Crippen molar-refractivity contribution in [3.63, 3.8) is 0 Å². The quantitative estimate of drug-likeness (QED) is 0.600. The highest BCUT2D eigenvalue weighted by molar-refractivity contribution is 5.90. The number of esters is 1. The lowest BCUT2D eigenvalue weighted by atomic mass is 10.2. The Labute approximate surface area is 160 Å². The van der Waals surface area contributed by atoms with Gasteiger partial charge in [-0.25, -0.2) is 4.79 Å². The summed E-state index contributed by atoms with van der Waals surface area (Å²) in [6.07, 6.45) is 4.75. The van der Waals surface area contributed by atoms with Gasteiger partial charge in [-0.2, -0.15) is 0 Å². The molecular weight excluding hydrogens is 340 g/mol. The summed E-state index contributed by atoms with van der Waals surface area (Å²) in [6.45, 7) is 6.13. The summed E-state index contributed by atoms with van der Waals surface area (Å²) in [5, 5.41) is 2.77. The standard InChI is InChI=1S/C22H26N2O3/c1-15-13-19(16(2)24(15)20-10-11-20)9-12-21(25)27-17(3)22(26)23-14-18-7-5-4-6-8-18/h4-9,12-13,17,20H,10-11,14H2,1-3H3,(H,23,26)/b12-9+/t17-/m1/s1. The average molecular weight is 366 g/mol. The first-order valence-electron chi connectivity index (χ1n) is 9.34. The molecule has 3 rings (SSSR count). The molecule has 1 aromatic carbocycles. The van der Waals surface area contributed by atoms with Crippen molar-refractivity contribution in [1.82, 2.24) is 9.88 Å². The van der Waals surface area contributed by atoms with E-state index in [0.717, 1.165) is 16.8 Å². The van der Waals surface area contributed by atoms with E-state index < -0.39 is 12.1 Å². The molecule has 2 aromatic rings. The lowest BCUT2D eigenvalue weighted by Crippen LogP contribution is -2.35. The van der Waals surface area contributed by atoms with Gasteiger partial charge in [0.2, 0.25) is 0 Å². The number of carbonyl (C=O) groups excluding carboxylic acids is 2. The summed E-state index contributed by atoms with van der Waals surface area (Å²) < 4.78 is 7.54. The molecule has 1 aliphatic rings. The number of hydrogen-bond acceptors (Lipinski definition) is 3. The molecule has 1 aliphatic carbocycles. The van der Waals surface area contributed by atoms with Crippen LogP contribution in [0.5, 0.6) is 0 Å². The molecule has 1 fully saturated rings. The van der Waals surface area contributed by atoms with Crippen molar-refractivity contribution in [3.05, 3.63) is 65.0 Å². The van der Waals surface area contributed by atoms with Gasteiger partial charge in [0.05, 0.1) is 0 Å². The van der Waals surface area contributed by atoms with E-state index in [4.69, 9.17) is 4.74 Å². The Balaban J connectivity index is 1.51. The number of aromatic nitrogens is 1. The molecule has 1 heterocycles. The third-order valence-corrected chi connectivity index (χ3v) is 4.81. The topological polar surface area (TPSA) is 60.3 Å². The monoisotopic (exact) mass is 366 g/mol. The first-order chi connectivity index (χ1) is 13.0. The Hall–Kier alpha value is -2.82. The minimum absolute atomic E-state index is 0.312. The van der Waals surface area contributed by atoms with E-state index >= 15 is 0 Å². The Kier molecular flexibility index (Phi) is 5.79. The van der Waals surface area contributed by atoms with Crippen LogP contribution in [0.25, 0.3) is 6.08 Å². The van der Waals surface area contributed by atoms with Gasteiger partial charge in [0.1, 0.15) is 0 Å². The summed E-state index contributed by atoms with van der Waals surface area (Å²) in [5.74, 6) is -0.832. The normalized spacial score (nSPS) is 14.9. The molecule has 0 bridgehead atoms. The van der Waals surface area contributed by atoms with Crippen molar-refractivity contribution in [2.45, 2.75) is 52.3 Å². The van der Waals surface area contributed by atoms with Crippen LogP contribution in [0.15, 0.2) is 42.5 Å². The van der Waals surface area contributed by atoms with Gasteiger partial charge in [-0.15, -0.1) is 0 Å². The molecule has 0 saturated heterocycles. The number of carbonyl (C=O) groups is 2. The lowest BCUT2D eigenvalue weighted by molar-refractivity contribution is -0.150. The second-order valence-electron chi connectivity index (χ2n) is 7.04. The van der Waals surface area contributed by atoms with Crippen LogP contribution >= 0.6 is 0 Å². The van der Waals surface area contributed by atoms with Crippen LogP contribution in [-0.4, -0.2) is 22.5 Å².